The molecule has 0 spiro atoms. The van der Waals surface area contributed by atoms with Crippen molar-refractivity contribution in [3.05, 3.63) is 92.4 Å². The normalized spacial score (nSPS) is 22.1. The molecule has 1 aliphatic rings. The van der Waals surface area contributed by atoms with E-state index in [1.165, 1.54) is 19.1 Å². The zero-order valence-corrected chi connectivity index (χ0v) is 16.1. The lowest BCUT2D eigenvalue weighted by atomic mass is 9.80. The number of hydrogen-bond donors (Lipinski definition) is 0. The van der Waals surface area contributed by atoms with Crippen LogP contribution in [0.5, 0.6) is 0 Å². The molecule has 1 atom stereocenters. The van der Waals surface area contributed by atoms with Crippen LogP contribution in [0.1, 0.15) is 32.3 Å². The highest BCUT2D eigenvalue weighted by molar-refractivity contribution is 7.95. The molecular formula is C21H21NO4S. The molecule has 0 fully saturated rings. The maximum atomic E-state index is 13.2. The fraction of sp³-hybridized carbons (Fsp3) is 0.238. The molecule has 0 amide bonds. The van der Waals surface area contributed by atoms with E-state index >= 15 is 0 Å². The van der Waals surface area contributed by atoms with Crippen LogP contribution in [0.25, 0.3) is 6.08 Å². The Morgan fingerprint density at radius 1 is 1.00 bits per heavy atom. The largest absolute Gasteiger partial charge is 0.264 e. The van der Waals surface area contributed by atoms with Crippen LogP contribution in [0.4, 0.5) is 0 Å². The molecule has 0 aromatic heterocycles. The van der Waals surface area contributed by atoms with Crippen molar-refractivity contribution in [1.29, 1.82) is 0 Å². The summed E-state index contributed by atoms with van der Waals surface area (Å²) in [6.45, 7) is 3.25. The van der Waals surface area contributed by atoms with E-state index < -0.39 is 15.4 Å². The van der Waals surface area contributed by atoms with E-state index in [0.29, 0.717) is 11.1 Å². The third kappa shape index (κ3) is 3.71. The summed E-state index contributed by atoms with van der Waals surface area (Å²) in [6.07, 6.45) is 1.92. The van der Waals surface area contributed by atoms with Gasteiger partial charge < -0.3 is 0 Å². The van der Waals surface area contributed by atoms with E-state index in [-0.39, 0.29) is 27.6 Å². The molecule has 1 aliphatic carbocycles. The minimum Gasteiger partial charge on any atom is -0.264 e. The summed E-state index contributed by atoms with van der Waals surface area (Å²) in [5, 5.41) is 11.8. The summed E-state index contributed by atoms with van der Waals surface area (Å²) in [5.74, 6) is 0. The van der Waals surface area contributed by atoms with Gasteiger partial charge in [0.25, 0.3) is 0 Å². The van der Waals surface area contributed by atoms with E-state index in [1.807, 2.05) is 36.4 Å². The number of allylic oxidation sites excluding steroid dienone is 1. The summed E-state index contributed by atoms with van der Waals surface area (Å²) in [7, 11) is -3.81. The van der Waals surface area contributed by atoms with Gasteiger partial charge in [-0.3, -0.25) is 10.1 Å². The molecule has 0 heterocycles. The third-order valence-corrected chi connectivity index (χ3v) is 6.96. The van der Waals surface area contributed by atoms with Crippen molar-refractivity contribution in [1.82, 2.24) is 0 Å². The Labute approximate surface area is 159 Å². The number of rotatable bonds is 4. The van der Waals surface area contributed by atoms with Gasteiger partial charge in [-0.15, -0.1) is 0 Å². The molecule has 1 unspecified atom stereocenters. The van der Waals surface area contributed by atoms with E-state index in [4.69, 9.17) is 0 Å². The van der Waals surface area contributed by atoms with Gasteiger partial charge in [0.15, 0.2) is 0 Å². The lowest BCUT2D eigenvalue weighted by Gasteiger charge is -2.30. The van der Waals surface area contributed by atoms with Crippen LogP contribution < -0.4 is 0 Å². The van der Waals surface area contributed by atoms with Gasteiger partial charge in [-0.1, -0.05) is 54.6 Å². The predicted octanol–water partition coefficient (Wildman–Crippen LogP) is 4.65. The molecule has 0 saturated carbocycles. The van der Waals surface area contributed by atoms with Crippen LogP contribution in [0, 0.1) is 10.1 Å². The number of nitro groups is 1. The molecule has 6 heteroatoms. The zero-order chi connectivity index (χ0) is 19.7. The zero-order valence-electron chi connectivity index (χ0n) is 15.3. The Bertz CT molecular complexity index is 1020. The molecule has 3 rings (SSSR count). The summed E-state index contributed by atoms with van der Waals surface area (Å²) < 4.78 is 26.4. The van der Waals surface area contributed by atoms with Gasteiger partial charge in [0.05, 0.1) is 16.2 Å². The highest BCUT2D eigenvalue weighted by Crippen LogP contribution is 2.42. The number of hydrogen-bond acceptors (Lipinski definition) is 4. The molecule has 140 valence electrons. The van der Waals surface area contributed by atoms with Crippen molar-refractivity contribution >= 4 is 15.9 Å². The Hall–Kier alpha value is -2.73. The molecule has 5 nitrogen and oxygen atoms in total. The van der Waals surface area contributed by atoms with Crippen molar-refractivity contribution in [2.75, 3.05) is 0 Å². The van der Waals surface area contributed by atoms with Crippen LogP contribution in [0.15, 0.2) is 81.6 Å². The SMILES string of the molecule is CC1=C(S(=O)(=O)c2ccccc2)CC(C)([N+](=O)[O-])C/C1=C/c1ccccc1. The molecule has 2 aromatic rings. The molecule has 0 saturated heterocycles. The van der Waals surface area contributed by atoms with E-state index in [1.54, 1.807) is 25.1 Å². The molecular weight excluding hydrogens is 362 g/mol. The minimum absolute atomic E-state index is 0.116. The first-order valence-electron chi connectivity index (χ1n) is 8.64. The van der Waals surface area contributed by atoms with Crippen molar-refractivity contribution in [3.8, 4) is 0 Å². The van der Waals surface area contributed by atoms with Crippen LogP contribution in [-0.2, 0) is 9.84 Å². The second kappa shape index (κ2) is 7.12. The van der Waals surface area contributed by atoms with E-state index in [2.05, 4.69) is 0 Å². The summed E-state index contributed by atoms with van der Waals surface area (Å²) in [6, 6.07) is 17.5. The van der Waals surface area contributed by atoms with Gasteiger partial charge in [-0.05, 0) is 35.8 Å². The molecule has 0 radical (unpaired) electrons. The Morgan fingerprint density at radius 3 is 2.11 bits per heavy atom. The lowest BCUT2D eigenvalue weighted by Crippen LogP contribution is -2.39. The summed E-state index contributed by atoms with van der Waals surface area (Å²) in [5.41, 5.74) is 0.802. The average Bonchev–Trinajstić information content (AvgIpc) is 2.66. The second-order valence-corrected chi connectivity index (χ2v) is 9.02. The molecule has 0 aliphatic heterocycles. The lowest BCUT2D eigenvalue weighted by molar-refractivity contribution is -0.564. The van der Waals surface area contributed by atoms with Crippen LogP contribution in [0.3, 0.4) is 0 Å². The highest BCUT2D eigenvalue weighted by Gasteiger charge is 2.46. The van der Waals surface area contributed by atoms with Gasteiger partial charge in [0.2, 0.25) is 15.4 Å². The molecule has 0 bridgehead atoms. The summed E-state index contributed by atoms with van der Waals surface area (Å²) in [4.78, 5) is 11.7. The predicted molar refractivity (Wildman–Crippen MR) is 105 cm³/mol. The maximum Gasteiger partial charge on any atom is 0.228 e. The van der Waals surface area contributed by atoms with Crippen LogP contribution in [-0.4, -0.2) is 18.9 Å². The Kier molecular flexibility index (Phi) is 5.02. The van der Waals surface area contributed by atoms with E-state index in [9.17, 15) is 18.5 Å². The molecule has 27 heavy (non-hydrogen) atoms. The van der Waals surface area contributed by atoms with Crippen molar-refractivity contribution < 1.29 is 13.3 Å². The quantitative estimate of drug-likeness (QED) is 0.569. The monoisotopic (exact) mass is 383 g/mol. The van der Waals surface area contributed by atoms with Gasteiger partial charge in [0, 0.05) is 18.3 Å². The second-order valence-electron chi connectivity index (χ2n) is 7.05. The van der Waals surface area contributed by atoms with Crippen molar-refractivity contribution in [2.45, 2.75) is 37.1 Å². The van der Waals surface area contributed by atoms with Crippen molar-refractivity contribution in [3.63, 3.8) is 0 Å². The smallest absolute Gasteiger partial charge is 0.228 e. The van der Waals surface area contributed by atoms with Crippen LogP contribution >= 0.6 is 0 Å². The van der Waals surface area contributed by atoms with Gasteiger partial charge >= 0.3 is 0 Å². The van der Waals surface area contributed by atoms with Crippen LogP contribution in [0.2, 0.25) is 0 Å². The Morgan fingerprint density at radius 2 is 1.56 bits per heavy atom. The average molecular weight is 383 g/mol. The third-order valence-electron chi connectivity index (χ3n) is 4.97. The molecule has 0 N–H and O–H groups in total. The highest BCUT2D eigenvalue weighted by atomic mass is 32.2. The fourth-order valence-electron chi connectivity index (χ4n) is 3.34. The first-order chi connectivity index (χ1) is 12.7. The van der Waals surface area contributed by atoms with E-state index in [0.717, 1.165) is 5.56 Å². The first-order valence-corrected chi connectivity index (χ1v) is 10.1. The number of sulfone groups is 1. The minimum atomic E-state index is -3.81. The topological polar surface area (TPSA) is 77.3 Å². The number of nitrogens with zero attached hydrogens (tertiary/aromatic N) is 1. The summed E-state index contributed by atoms with van der Waals surface area (Å²) >= 11 is 0. The Balaban J connectivity index is 2.19. The van der Waals surface area contributed by atoms with Gasteiger partial charge in [-0.2, -0.15) is 0 Å². The number of benzene rings is 2. The maximum absolute atomic E-state index is 13.2. The first kappa shape index (κ1) is 19.0. The van der Waals surface area contributed by atoms with Crippen molar-refractivity contribution in [2.24, 2.45) is 0 Å². The standard InChI is InChI=1S/C21H21NO4S/c1-16-18(13-17-9-5-3-6-10-17)14-21(2,22(23)24)15-20(16)27(25,26)19-11-7-4-8-12-19/h3-13H,14-15H2,1-2H3/b18-13-. The fourth-order valence-corrected chi connectivity index (χ4v) is 5.18. The van der Waals surface area contributed by atoms with Gasteiger partial charge in [0.1, 0.15) is 0 Å². The van der Waals surface area contributed by atoms with Gasteiger partial charge in [-0.25, -0.2) is 8.42 Å². The molecule has 2 aromatic carbocycles.